The first kappa shape index (κ1) is 20.1. The molecular weight excluding hydrogens is 357 g/mol. The molecule has 0 spiro atoms. The standard InChI is InChI=1S/C22H28FN3O2/c1-17(18-8-10-19(23)11-9-18)24(2)22(27)16-25-12-14-26(15-13-25)20-6-4-5-7-21(20)28-3/h4-11,17H,12-16H2,1-3H3. The molecule has 0 bridgehead atoms. The average Bonchev–Trinajstić information content (AvgIpc) is 2.73. The summed E-state index contributed by atoms with van der Waals surface area (Å²) in [7, 11) is 3.49. The van der Waals surface area contributed by atoms with Crippen molar-refractivity contribution >= 4 is 11.6 Å². The monoisotopic (exact) mass is 385 g/mol. The first-order valence-corrected chi connectivity index (χ1v) is 9.61. The SMILES string of the molecule is COc1ccccc1N1CCN(CC(=O)N(C)C(C)c2ccc(F)cc2)CC1. The highest BCUT2D eigenvalue weighted by Crippen LogP contribution is 2.28. The summed E-state index contributed by atoms with van der Waals surface area (Å²) in [4.78, 5) is 18.9. The van der Waals surface area contributed by atoms with E-state index in [0.29, 0.717) is 6.54 Å². The van der Waals surface area contributed by atoms with E-state index >= 15 is 0 Å². The van der Waals surface area contributed by atoms with Crippen molar-refractivity contribution in [2.45, 2.75) is 13.0 Å². The van der Waals surface area contributed by atoms with Gasteiger partial charge in [0.05, 0.1) is 25.4 Å². The van der Waals surface area contributed by atoms with Crippen LogP contribution in [0, 0.1) is 5.82 Å². The average molecular weight is 385 g/mol. The maximum Gasteiger partial charge on any atom is 0.236 e. The first-order valence-electron chi connectivity index (χ1n) is 9.61. The Bertz CT molecular complexity index is 789. The van der Waals surface area contributed by atoms with E-state index in [9.17, 15) is 9.18 Å². The molecule has 2 aromatic rings. The van der Waals surface area contributed by atoms with Gasteiger partial charge in [0.15, 0.2) is 0 Å². The van der Waals surface area contributed by atoms with Gasteiger partial charge in [0.2, 0.25) is 5.91 Å². The van der Waals surface area contributed by atoms with E-state index in [1.165, 1.54) is 12.1 Å². The lowest BCUT2D eigenvalue weighted by Gasteiger charge is -2.37. The summed E-state index contributed by atoms with van der Waals surface area (Å²) in [5.74, 6) is 0.681. The van der Waals surface area contributed by atoms with Crippen molar-refractivity contribution in [2.24, 2.45) is 0 Å². The van der Waals surface area contributed by atoms with Gasteiger partial charge in [-0.3, -0.25) is 9.69 Å². The number of hydrogen-bond acceptors (Lipinski definition) is 4. The van der Waals surface area contributed by atoms with Crippen LogP contribution in [0.25, 0.3) is 0 Å². The second-order valence-electron chi connectivity index (χ2n) is 7.17. The number of amides is 1. The number of piperazine rings is 1. The Morgan fingerprint density at radius 1 is 1.11 bits per heavy atom. The van der Waals surface area contributed by atoms with Crippen LogP contribution in [0.2, 0.25) is 0 Å². The van der Waals surface area contributed by atoms with Crippen LogP contribution < -0.4 is 9.64 Å². The number of anilines is 1. The minimum absolute atomic E-state index is 0.0718. The van der Waals surface area contributed by atoms with Gasteiger partial charge in [-0.25, -0.2) is 4.39 Å². The highest BCUT2D eigenvalue weighted by molar-refractivity contribution is 5.78. The van der Waals surface area contributed by atoms with E-state index in [1.807, 2.05) is 25.1 Å². The fourth-order valence-corrected chi connectivity index (χ4v) is 3.52. The normalized spacial score (nSPS) is 15.9. The van der Waals surface area contributed by atoms with E-state index in [2.05, 4.69) is 15.9 Å². The highest BCUT2D eigenvalue weighted by atomic mass is 19.1. The molecule has 0 aliphatic carbocycles. The zero-order valence-electron chi connectivity index (χ0n) is 16.8. The van der Waals surface area contributed by atoms with Crippen LogP contribution in [0.15, 0.2) is 48.5 Å². The third-order valence-corrected chi connectivity index (χ3v) is 5.48. The molecule has 1 heterocycles. The second-order valence-corrected chi connectivity index (χ2v) is 7.17. The maximum absolute atomic E-state index is 13.1. The van der Waals surface area contributed by atoms with Crippen LogP contribution in [0.5, 0.6) is 5.75 Å². The predicted octanol–water partition coefficient (Wildman–Crippen LogP) is 3.18. The second kappa shape index (κ2) is 9.06. The quantitative estimate of drug-likeness (QED) is 0.765. The molecule has 6 heteroatoms. The third-order valence-electron chi connectivity index (χ3n) is 5.48. The van der Waals surface area contributed by atoms with Gasteiger partial charge in [0.1, 0.15) is 11.6 Å². The molecule has 28 heavy (non-hydrogen) atoms. The number of hydrogen-bond donors (Lipinski definition) is 0. The Morgan fingerprint density at radius 3 is 2.39 bits per heavy atom. The van der Waals surface area contributed by atoms with Crippen molar-refractivity contribution in [2.75, 3.05) is 51.8 Å². The van der Waals surface area contributed by atoms with Gasteiger partial charge in [0, 0.05) is 33.2 Å². The lowest BCUT2D eigenvalue weighted by atomic mass is 10.1. The highest BCUT2D eigenvalue weighted by Gasteiger charge is 2.24. The number of rotatable bonds is 6. The van der Waals surface area contributed by atoms with Gasteiger partial charge < -0.3 is 14.5 Å². The van der Waals surface area contributed by atoms with Crippen LogP contribution in [0.4, 0.5) is 10.1 Å². The number of benzene rings is 2. The Kier molecular flexibility index (Phi) is 6.52. The van der Waals surface area contributed by atoms with Gasteiger partial charge in [0.25, 0.3) is 0 Å². The molecule has 0 aromatic heterocycles. The predicted molar refractivity (Wildman–Crippen MR) is 109 cm³/mol. The molecule has 1 unspecified atom stereocenters. The number of carbonyl (C=O) groups is 1. The van der Waals surface area contributed by atoms with Crippen LogP contribution >= 0.6 is 0 Å². The third kappa shape index (κ3) is 4.62. The minimum Gasteiger partial charge on any atom is -0.495 e. The van der Waals surface area contributed by atoms with Crippen molar-refractivity contribution in [3.8, 4) is 5.75 Å². The van der Waals surface area contributed by atoms with E-state index in [-0.39, 0.29) is 17.8 Å². The summed E-state index contributed by atoms with van der Waals surface area (Å²) >= 11 is 0. The number of likely N-dealkylation sites (N-methyl/N-ethyl adjacent to an activating group) is 1. The molecule has 3 rings (SSSR count). The number of halogens is 1. The molecule has 2 aromatic carbocycles. The fourth-order valence-electron chi connectivity index (χ4n) is 3.52. The van der Waals surface area contributed by atoms with Gasteiger partial charge in [-0.15, -0.1) is 0 Å². The lowest BCUT2D eigenvalue weighted by molar-refractivity contribution is -0.133. The van der Waals surface area contributed by atoms with Crippen molar-refractivity contribution in [3.05, 3.63) is 59.9 Å². The van der Waals surface area contributed by atoms with E-state index in [0.717, 1.165) is 43.2 Å². The molecule has 5 nitrogen and oxygen atoms in total. The van der Waals surface area contributed by atoms with Crippen molar-refractivity contribution in [3.63, 3.8) is 0 Å². The zero-order valence-corrected chi connectivity index (χ0v) is 16.8. The number of methoxy groups -OCH3 is 1. The maximum atomic E-state index is 13.1. The van der Waals surface area contributed by atoms with Gasteiger partial charge in [-0.1, -0.05) is 24.3 Å². The van der Waals surface area contributed by atoms with Crippen molar-refractivity contribution in [1.29, 1.82) is 0 Å². The van der Waals surface area contributed by atoms with E-state index in [1.54, 1.807) is 31.2 Å². The molecule has 0 saturated carbocycles. The molecular formula is C22H28FN3O2. The van der Waals surface area contributed by atoms with Crippen molar-refractivity contribution in [1.82, 2.24) is 9.80 Å². The molecule has 0 radical (unpaired) electrons. The van der Waals surface area contributed by atoms with Crippen LogP contribution in [-0.2, 0) is 4.79 Å². The summed E-state index contributed by atoms with van der Waals surface area (Å²) in [5, 5.41) is 0. The van der Waals surface area contributed by atoms with Crippen molar-refractivity contribution < 1.29 is 13.9 Å². The Balaban J connectivity index is 1.53. The summed E-state index contributed by atoms with van der Waals surface area (Å²) in [6, 6.07) is 14.3. The van der Waals surface area contributed by atoms with Gasteiger partial charge >= 0.3 is 0 Å². The van der Waals surface area contributed by atoms with E-state index < -0.39 is 0 Å². The Hall–Kier alpha value is -2.60. The van der Waals surface area contributed by atoms with Gasteiger partial charge in [-0.2, -0.15) is 0 Å². The number of carbonyl (C=O) groups excluding carboxylic acids is 1. The summed E-state index contributed by atoms with van der Waals surface area (Å²) < 4.78 is 18.6. The fraction of sp³-hybridized carbons (Fsp3) is 0.409. The smallest absolute Gasteiger partial charge is 0.236 e. The van der Waals surface area contributed by atoms with E-state index in [4.69, 9.17) is 4.74 Å². The van der Waals surface area contributed by atoms with Crippen LogP contribution in [0.3, 0.4) is 0 Å². The molecule has 150 valence electrons. The number of para-hydroxylation sites is 2. The van der Waals surface area contributed by atoms with Crippen LogP contribution in [0.1, 0.15) is 18.5 Å². The Morgan fingerprint density at radius 2 is 1.75 bits per heavy atom. The molecule has 1 fully saturated rings. The summed E-state index contributed by atoms with van der Waals surface area (Å²) in [5.41, 5.74) is 2.02. The Labute approximate surface area is 166 Å². The summed E-state index contributed by atoms with van der Waals surface area (Å²) in [6.45, 7) is 5.70. The summed E-state index contributed by atoms with van der Waals surface area (Å²) in [6.07, 6.45) is 0. The van der Waals surface area contributed by atoms with Crippen LogP contribution in [-0.4, -0.2) is 62.6 Å². The number of ether oxygens (including phenoxy) is 1. The molecule has 1 aliphatic heterocycles. The largest absolute Gasteiger partial charge is 0.495 e. The molecule has 0 N–H and O–H groups in total. The first-order chi connectivity index (χ1) is 13.5. The molecule has 1 saturated heterocycles. The number of nitrogens with zero attached hydrogens (tertiary/aromatic N) is 3. The lowest BCUT2D eigenvalue weighted by Crippen LogP contribution is -2.50. The molecule has 1 amide bonds. The molecule has 1 atom stereocenters. The molecule has 1 aliphatic rings. The topological polar surface area (TPSA) is 36.0 Å². The minimum atomic E-state index is -0.266. The van der Waals surface area contributed by atoms with Gasteiger partial charge in [-0.05, 0) is 36.8 Å². The zero-order chi connectivity index (χ0) is 20.1.